The van der Waals surface area contributed by atoms with Crippen molar-refractivity contribution < 1.29 is 9.53 Å². The molecule has 0 spiro atoms. The first-order valence-corrected chi connectivity index (χ1v) is 8.91. The monoisotopic (exact) mass is 348 g/mol. The average Bonchev–Trinajstić information content (AvgIpc) is 2.98. The van der Waals surface area contributed by atoms with Crippen molar-refractivity contribution in [3.05, 3.63) is 22.8 Å². The fourth-order valence-corrected chi connectivity index (χ4v) is 4.27. The Balaban J connectivity index is 1.79. The molecule has 7 heteroatoms. The largest absolute Gasteiger partial charge is 0.452 e. The molecule has 0 saturated heterocycles. The van der Waals surface area contributed by atoms with Gasteiger partial charge in [-0.05, 0) is 18.9 Å². The molecule has 24 heavy (non-hydrogen) atoms. The summed E-state index contributed by atoms with van der Waals surface area (Å²) in [5.74, 6) is 0.705. The predicted octanol–water partition coefficient (Wildman–Crippen LogP) is 3.86. The standard InChI is InChI=1S/C17H24N4O2S/c1-16(2)7-8-17(3,4)13-12(16)20-14(24-13)19-11-6-9-21(10-18-11)15(22)23-5/h6,9H,7-8,10H2,1-5H3,(H,18,19,20). The third-order valence-corrected chi connectivity index (χ3v) is 6.04. The lowest BCUT2D eigenvalue weighted by Crippen LogP contribution is -2.32. The number of rotatable bonds is 1. The number of aromatic nitrogens is 1. The van der Waals surface area contributed by atoms with Crippen molar-refractivity contribution in [1.82, 2.24) is 9.88 Å². The van der Waals surface area contributed by atoms with E-state index in [1.54, 1.807) is 23.6 Å². The van der Waals surface area contributed by atoms with E-state index in [4.69, 9.17) is 4.98 Å². The second kappa shape index (κ2) is 5.88. The molecule has 1 amide bonds. The van der Waals surface area contributed by atoms with Gasteiger partial charge in [0.15, 0.2) is 5.13 Å². The van der Waals surface area contributed by atoms with Crippen molar-refractivity contribution in [1.29, 1.82) is 0 Å². The predicted molar refractivity (Wildman–Crippen MR) is 96.7 cm³/mol. The number of amidine groups is 1. The fraction of sp³-hybridized carbons (Fsp3) is 0.588. The number of nitrogens with zero attached hydrogens (tertiary/aromatic N) is 3. The first kappa shape index (κ1) is 17.0. The van der Waals surface area contributed by atoms with Crippen molar-refractivity contribution in [2.75, 3.05) is 19.1 Å². The first-order chi connectivity index (χ1) is 11.2. The average molecular weight is 348 g/mol. The van der Waals surface area contributed by atoms with Crippen LogP contribution in [0.2, 0.25) is 0 Å². The van der Waals surface area contributed by atoms with Crippen molar-refractivity contribution in [2.45, 2.75) is 51.4 Å². The van der Waals surface area contributed by atoms with E-state index in [0.717, 1.165) is 11.6 Å². The van der Waals surface area contributed by atoms with Gasteiger partial charge in [0.05, 0.1) is 12.8 Å². The van der Waals surface area contributed by atoms with Crippen LogP contribution in [0.3, 0.4) is 0 Å². The highest BCUT2D eigenvalue weighted by atomic mass is 32.1. The minimum Gasteiger partial charge on any atom is -0.452 e. The maximum absolute atomic E-state index is 11.5. The zero-order valence-corrected chi connectivity index (χ0v) is 15.7. The number of thiazole rings is 1. The van der Waals surface area contributed by atoms with Gasteiger partial charge in [-0.25, -0.2) is 14.8 Å². The summed E-state index contributed by atoms with van der Waals surface area (Å²) in [6, 6.07) is 0. The van der Waals surface area contributed by atoms with Crippen LogP contribution in [0.5, 0.6) is 0 Å². The third kappa shape index (κ3) is 3.05. The molecule has 3 rings (SSSR count). The Morgan fingerprint density at radius 2 is 2.00 bits per heavy atom. The Morgan fingerprint density at radius 3 is 2.58 bits per heavy atom. The normalized spacial score (nSPS) is 21.0. The molecule has 0 fully saturated rings. The van der Waals surface area contributed by atoms with Gasteiger partial charge in [-0.2, -0.15) is 0 Å². The molecule has 1 N–H and O–H groups in total. The second-order valence-corrected chi connectivity index (χ2v) is 8.53. The minimum absolute atomic E-state index is 0.104. The lowest BCUT2D eigenvalue weighted by atomic mass is 9.69. The Bertz CT molecular complexity index is 685. The molecule has 0 radical (unpaired) electrons. The number of ether oxygens (including phenoxy) is 1. The summed E-state index contributed by atoms with van der Waals surface area (Å²) in [5.41, 5.74) is 1.46. The van der Waals surface area contributed by atoms with E-state index in [9.17, 15) is 4.79 Å². The summed E-state index contributed by atoms with van der Waals surface area (Å²) in [7, 11) is 1.36. The van der Waals surface area contributed by atoms with Crippen LogP contribution < -0.4 is 5.32 Å². The molecule has 0 saturated carbocycles. The molecular formula is C17H24N4O2S. The van der Waals surface area contributed by atoms with Gasteiger partial charge in [0.25, 0.3) is 0 Å². The van der Waals surface area contributed by atoms with Crippen LogP contribution >= 0.6 is 11.3 Å². The molecule has 130 valence electrons. The van der Waals surface area contributed by atoms with E-state index in [1.165, 1.54) is 29.0 Å². The van der Waals surface area contributed by atoms with Crippen LogP contribution in [-0.2, 0) is 15.6 Å². The number of carbonyl (C=O) groups is 1. The van der Waals surface area contributed by atoms with Crippen molar-refractivity contribution in [3.8, 4) is 0 Å². The highest BCUT2D eigenvalue weighted by Gasteiger charge is 2.40. The van der Waals surface area contributed by atoms with Gasteiger partial charge in [-0.1, -0.05) is 27.7 Å². The van der Waals surface area contributed by atoms with Crippen LogP contribution in [0, 0.1) is 0 Å². The molecule has 1 aliphatic carbocycles. The fourth-order valence-electron chi connectivity index (χ4n) is 2.99. The smallest absolute Gasteiger partial charge is 0.415 e. The summed E-state index contributed by atoms with van der Waals surface area (Å²) in [5, 5.41) is 4.14. The highest BCUT2D eigenvalue weighted by molar-refractivity contribution is 7.16. The van der Waals surface area contributed by atoms with Crippen LogP contribution in [0.15, 0.2) is 17.3 Å². The molecular weight excluding hydrogens is 324 g/mol. The molecule has 1 aromatic heterocycles. The van der Waals surface area contributed by atoms with Gasteiger partial charge in [-0.15, -0.1) is 11.3 Å². The summed E-state index contributed by atoms with van der Waals surface area (Å²) in [4.78, 5) is 23.4. The molecule has 2 aliphatic rings. The molecule has 1 aliphatic heterocycles. The number of amides is 1. The lowest BCUT2D eigenvalue weighted by molar-refractivity contribution is 0.140. The van der Waals surface area contributed by atoms with Crippen LogP contribution in [0.4, 0.5) is 9.93 Å². The maximum Gasteiger partial charge on any atom is 0.415 e. The van der Waals surface area contributed by atoms with Gasteiger partial charge < -0.3 is 10.1 Å². The number of anilines is 1. The lowest BCUT2D eigenvalue weighted by Gasteiger charge is -2.37. The van der Waals surface area contributed by atoms with Crippen molar-refractivity contribution in [3.63, 3.8) is 0 Å². The third-order valence-electron chi connectivity index (χ3n) is 4.71. The van der Waals surface area contributed by atoms with Gasteiger partial charge in [0.2, 0.25) is 0 Å². The molecule has 0 aromatic carbocycles. The first-order valence-electron chi connectivity index (χ1n) is 8.09. The Labute approximate surface area is 146 Å². The number of aliphatic imine (C=N–C) groups is 1. The molecule has 2 heterocycles. The van der Waals surface area contributed by atoms with E-state index >= 15 is 0 Å². The maximum atomic E-state index is 11.5. The van der Waals surface area contributed by atoms with Gasteiger partial charge in [0.1, 0.15) is 12.5 Å². The number of methoxy groups -OCH3 is 1. The molecule has 0 bridgehead atoms. The Hall–Kier alpha value is -1.89. The van der Waals surface area contributed by atoms with Crippen LogP contribution in [-0.4, -0.2) is 35.6 Å². The minimum atomic E-state index is -0.415. The summed E-state index contributed by atoms with van der Waals surface area (Å²) in [6.07, 6.45) is 5.33. The van der Waals surface area contributed by atoms with E-state index in [1.807, 2.05) is 0 Å². The van der Waals surface area contributed by atoms with Crippen molar-refractivity contribution in [2.24, 2.45) is 4.99 Å². The number of nitrogens with one attached hydrogen (secondary N) is 1. The molecule has 6 nitrogen and oxygen atoms in total. The second-order valence-electron chi connectivity index (χ2n) is 7.53. The number of fused-ring (bicyclic) bond motifs is 1. The molecule has 0 unspecified atom stereocenters. The van der Waals surface area contributed by atoms with E-state index < -0.39 is 6.09 Å². The zero-order valence-electron chi connectivity index (χ0n) is 14.8. The Morgan fingerprint density at radius 1 is 1.29 bits per heavy atom. The highest BCUT2D eigenvalue weighted by Crippen LogP contribution is 2.48. The summed E-state index contributed by atoms with van der Waals surface area (Å²) >= 11 is 1.71. The summed E-state index contributed by atoms with van der Waals surface area (Å²) < 4.78 is 4.68. The van der Waals surface area contributed by atoms with E-state index in [-0.39, 0.29) is 17.5 Å². The van der Waals surface area contributed by atoms with Crippen LogP contribution in [0.25, 0.3) is 0 Å². The number of carbonyl (C=O) groups excluding carboxylic acids is 1. The number of hydrogen-bond donors (Lipinski definition) is 1. The molecule has 1 aromatic rings. The van der Waals surface area contributed by atoms with Gasteiger partial charge in [-0.3, -0.25) is 4.90 Å². The molecule has 0 atom stereocenters. The van der Waals surface area contributed by atoms with E-state index in [2.05, 4.69) is 42.7 Å². The van der Waals surface area contributed by atoms with Crippen molar-refractivity contribution >= 4 is 28.4 Å². The quantitative estimate of drug-likeness (QED) is 0.837. The van der Waals surface area contributed by atoms with Gasteiger partial charge in [0, 0.05) is 21.9 Å². The topological polar surface area (TPSA) is 66.8 Å². The van der Waals surface area contributed by atoms with E-state index in [0.29, 0.717) is 5.84 Å². The summed E-state index contributed by atoms with van der Waals surface area (Å²) in [6.45, 7) is 9.34. The zero-order chi connectivity index (χ0) is 17.5. The van der Waals surface area contributed by atoms with Crippen LogP contribution in [0.1, 0.15) is 51.1 Å². The van der Waals surface area contributed by atoms with Gasteiger partial charge >= 0.3 is 6.09 Å². The number of hydrogen-bond acceptors (Lipinski definition) is 6. The Kier molecular flexibility index (Phi) is 4.15. The SMILES string of the molecule is COC(=O)N1C=CC(Nc2nc3c(s2)C(C)(C)CCC3(C)C)=NC1.